The van der Waals surface area contributed by atoms with Gasteiger partial charge in [-0.15, -0.1) is 0 Å². The van der Waals surface area contributed by atoms with E-state index < -0.39 is 12.0 Å². The Balaban J connectivity index is 2.35. The first-order valence-electron chi connectivity index (χ1n) is 5.65. The van der Waals surface area contributed by atoms with Crippen LogP contribution in [0.2, 0.25) is 5.02 Å². The predicted molar refractivity (Wildman–Crippen MR) is 67.8 cm³/mol. The standard InChI is InChI=1S/C11H14ClN3O4/c1-18-6-3-8(10(16)17)15(5-6)9-7(12)4-13-11(14-9)19-2/h4,6,8H,3,5H2,1-2H3,(H,16,17). The molecule has 2 rings (SSSR count). The summed E-state index contributed by atoms with van der Waals surface area (Å²) in [5.41, 5.74) is 0. The van der Waals surface area contributed by atoms with Crippen LogP contribution in [-0.4, -0.2) is 54.0 Å². The molecule has 0 aliphatic carbocycles. The molecule has 0 radical (unpaired) electrons. The van der Waals surface area contributed by atoms with Crippen molar-refractivity contribution in [2.24, 2.45) is 0 Å². The Hall–Kier alpha value is -1.60. The molecule has 0 saturated carbocycles. The first-order valence-corrected chi connectivity index (χ1v) is 6.03. The average Bonchev–Trinajstić information content (AvgIpc) is 2.83. The van der Waals surface area contributed by atoms with Gasteiger partial charge >= 0.3 is 12.0 Å². The lowest BCUT2D eigenvalue weighted by Gasteiger charge is -2.23. The maximum Gasteiger partial charge on any atom is 0.326 e. The lowest BCUT2D eigenvalue weighted by atomic mass is 10.2. The van der Waals surface area contributed by atoms with Crippen LogP contribution in [0.1, 0.15) is 6.42 Å². The number of halogens is 1. The molecule has 104 valence electrons. The van der Waals surface area contributed by atoms with Crippen LogP contribution in [0.4, 0.5) is 5.82 Å². The number of hydrogen-bond donors (Lipinski definition) is 1. The van der Waals surface area contributed by atoms with Gasteiger partial charge in [-0.05, 0) is 0 Å². The average molecular weight is 288 g/mol. The van der Waals surface area contributed by atoms with Gasteiger partial charge in [0.05, 0.1) is 19.4 Å². The molecular weight excluding hydrogens is 274 g/mol. The van der Waals surface area contributed by atoms with Crippen LogP contribution in [0, 0.1) is 0 Å². The molecule has 2 heterocycles. The Morgan fingerprint density at radius 2 is 2.32 bits per heavy atom. The number of nitrogens with zero attached hydrogens (tertiary/aromatic N) is 3. The van der Waals surface area contributed by atoms with Crippen molar-refractivity contribution in [2.75, 3.05) is 25.7 Å². The number of methoxy groups -OCH3 is 2. The second kappa shape index (κ2) is 5.58. The minimum atomic E-state index is -0.937. The van der Waals surface area contributed by atoms with Gasteiger partial charge in [0.1, 0.15) is 11.1 Å². The molecule has 1 N–H and O–H groups in total. The maximum atomic E-state index is 11.3. The molecule has 0 bridgehead atoms. The summed E-state index contributed by atoms with van der Waals surface area (Å²) in [5, 5.41) is 9.54. The maximum absolute atomic E-state index is 11.3. The molecule has 1 fully saturated rings. The topological polar surface area (TPSA) is 84.8 Å². The minimum Gasteiger partial charge on any atom is -0.480 e. The zero-order valence-corrected chi connectivity index (χ0v) is 11.3. The number of aliphatic carboxylic acids is 1. The van der Waals surface area contributed by atoms with E-state index in [0.717, 1.165) is 0 Å². The third-order valence-corrected chi connectivity index (χ3v) is 3.31. The van der Waals surface area contributed by atoms with E-state index in [-0.39, 0.29) is 17.1 Å². The van der Waals surface area contributed by atoms with E-state index >= 15 is 0 Å². The molecule has 8 heteroatoms. The summed E-state index contributed by atoms with van der Waals surface area (Å²) in [6.45, 7) is 0.410. The number of hydrogen-bond acceptors (Lipinski definition) is 6. The van der Waals surface area contributed by atoms with E-state index in [2.05, 4.69) is 9.97 Å². The Bertz CT molecular complexity index is 485. The third-order valence-electron chi connectivity index (χ3n) is 3.04. The van der Waals surface area contributed by atoms with Crippen LogP contribution < -0.4 is 9.64 Å². The number of rotatable bonds is 4. The number of carbonyl (C=O) groups is 1. The Morgan fingerprint density at radius 3 is 2.89 bits per heavy atom. The lowest BCUT2D eigenvalue weighted by Crippen LogP contribution is -2.36. The summed E-state index contributed by atoms with van der Waals surface area (Å²) in [5.74, 6) is -0.589. The molecular formula is C11H14ClN3O4. The largest absolute Gasteiger partial charge is 0.480 e. The van der Waals surface area contributed by atoms with E-state index in [1.165, 1.54) is 13.3 Å². The number of ether oxygens (including phenoxy) is 2. The van der Waals surface area contributed by atoms with Crippen LogP contribution in [0.15, 0.2) is 6.20 Å². The van der Waals surface area contributed by atoms with Gasteiger partial charge in [0.25, 0.3) is 0 Å². The monoisotopic (exact) mass is 287 g/mol. The molecule has 1 aliphatic heterocycles. The lowest BCUT2D eigenvalue weighted by molar-refractivity contribution is -0.138. The van der Waals surface area contributed by atoms with Crippen LogP contribution >= 0.6 is 11.6 Å². The van der Waals surface area contributed by atoms with Crippen molar-refractivity contribution < 1.29 is 19.4 Å². The van der Waals surface area contributed by atoms with Crippen molar-refractivity contribution in [3.8, 4) is 6.01 Å². The van der Waals surface area contributed by atoms with E-state index in [0.29, 0.717) is 18.8 Å². The normalized spacial score (nSPS) is 22.6. The Labute approximate surface area is 115 Å². The van der Waals surface area contributed by atoms with Crippen LogP contribution in [0.25, 0.3) is 0 Å². The van der Waals surface area contributed by atoms with Crippen molar-refractivity contribution in [1.29, 1.82) is 0 Å². The summed E-state index contributed by atoms with van der Waals surface area (Å²) in [6.07, 6.45) is 1.61. The van der Waals surface area contributed by atoms with Gasteiger partial charge < -0.3 is 19.5 Å². The number of carboxylic acids is 1. The highest BCUT2D eigenvalue weighted by molar-refractivity contribution is 6.32. The molecule has 19 heavy (non-hydrogen) atoms. The highest BCUT2D eigenvalue weighted by atomic mass is 35.5. The zero-order valence-electron chi connectivity index (χ0n) is 10.5. The second-order valence-electron chi connectivity index (χ2n) is 4.13. The third kappa shape index (κ3) is 2.71. The smallest absolute Gasteiger partial charge is 0.326 e. The van der Waals surface area contributed by atoms with E-state index in [1.807, 2.05) is 0 Å². The van der Waals surface area contributed by atoms with Gasteiger partial charge in [0.2, 0.25) is 0 Å². The van der Waals surface area contributed by atoms with Crippen molar-refractivity contribution in [2.45, 2.75) is 18.6 Å². The van der Waals surface area contributed by atoms with E-state index in [4.69, 9.17) is 21.1 Å². The highest BCUT2D eigenvalue weighted by Gasteiger charge is 2.38. The SMILES string of the molecule is COc1ncc(Cl)c(N2CC(OC)CC2C(=O)O)n1. The van der Waals surface area contributed by atoms with Crippen molar-refractivity contribution >= 4 is 23.4 Å². The molecule has 1 aromatic rings. The predicted octanol–water partition coefficient (Wildman–Crippen LogP) is 0.817. The van der Waals surface area contributed by atoms with Crippen molar-refractivity contribution in [3.63, 3.8) is 0 Å². The molecule has 7 nitrogen and oxygen atoms in total. The molecule has 2 atom stereocenters. The van der Waals surface area contributed by atoms with E-state index in [1.54, 1.807) is 12.0 Å². The Morgan fingerprint density at radius 1 is 1.58 bits per heavy atom. The fraction of sp³-hybridized carbons (Fsp3) is 0.545. The Kier molecular flexibility index (Phi) is 4.06. The van der Waals surface area contributed by atoms with Gasteiger partial charge in [-0.3, -0.25) is 0 Å². The van der Waals surface area contributed by atoms with Crippen molar-refractivity contribution in [3.05, 3.63) is 11.2 Å². The molecule has 1 saturated heterocycles. The molecule has 2 unspecified atom stereocenters. The number of carboxylic acid groups (broad SMARTS) is 1. The summed E-state index contributed by atoms with van der Waals surface area (Å²) < 4.78 is 10.1. The van der Waals surface area contributed by atoms with Crippen LogP contribution in [0.5, 0.6) is 6.01 Å². The fourth-order valence-electron chi connectivity index (χ4n) is 2.08. The van der Waals surface area contributed by atoms with Gasteiger partial charge in [-0.25, -0.2) is 9.78 Å². The molecule has 0 spiro atoms. The van der Waals surface area contributed by atoms with Gasteiger partial charge in [0.15, 0.2) is 5.82 Å². The van der Waals surface area contributed by atoms with Crippen molar-refractivity contribution in [1.82, 2.24) is 9.97 Å². The van der Waals surface area contributed by atoms with Gasteiger partial charge in [0, 0.05) is 20.1 Å². The summed E-state index contributed by atoms with van der Waals surface area (Å²) in [4.78, 5) is 20.9. The minimum absolute atomic E-state index is 0.143. The first kappa shape index (κ1) is 13.8. The zero-order chi connectivity index (χ0) is 14.0. The number of anilines is 1. The summed E-state index contributed by atoms with van der Waals surface area (Å²) in [7, 11) is 2.99. The first-order chi connectivity index (χ1) is 9.06. The number of aromatic nitrogens is 2. The molecule has 1 aliphatic rings. The van der Waals surface area contributed by atoms with Crippen LogP contribution in [-0.2, 0) is 9.53 Å². The second-order valence-corrected chi connectivity index (χ2v) is 4.54. The quantitative estimate of drug-likeness (QED) is 0.877. The highest BCUT2D eigenvalue weighted by Crippen LogP contribution is 2.31. The van der Waals surface area contributed by atoms with E-state index in [9.17, 15) is 9.90 Å². The molecule has 0 aromatic carbocycles. The van der Waals surface area contributed by atoms with Gasteiger partial charge in [-0.2, -0.15) is 4.98 Å². The summed E-state index contributed by atoms with van der Waals surface area (Å²) in [6, 6.07) is -0.577. The molecule has 0 amide bonds. The summed E-state index contributed by atoms with van der Waals surface area (Å²) >= 11 is 6.04. The van der Waals surface area contributed by atoms with Crippen LogP contribution in [0.3, 0.4) is 0 Å². The molecule has 1 aromatic heterocycles. The fourth-order valence-corrected chi connectivity index (χ4v) is 2.28. The van der Waals surface area contributed by atoms with Gasteiger partial charge in [-0.1, -0.05) is 11.6 Å².